The lowest BCUT2D eigenvalue weighted by Gasteiger charge is -2.25. The van der Waals surface area contributed by atoms with E-state index in [1.54, 1.807) is 0 Å². The fourth-order valence-electron chi connectivity index (χ4n) is 2.38. The van der Waals surface area contributed by atoms with Crippen molar-refractivity contribution in [1.29, 1.82) is 0 Å². The summed E-state index contributed by atoms with van der Waals surface area (Å²) in [6.07, 6.45) is 2.15. The monoisotopic (exact) mass is 276 g/mol. The van der Waals surface area contributed by atoms with E-state index in [2.05, 4.69) is 22.8 Å². The van der Waals surface area contributed by atoms with Crippen molar-refractivity contribution in [2.45, 2.75) is 38.3 Å². The van der Waals surface area contributed by atoms with Crippen LogP contribution in [0.25, 0.3) is 0 Å². The van der Waals surface area contributed by atoms with Gasteiger partial charge in [-0.1, -0.05) is 24.3 Å². The van der Waals surface area contributed by atoms with Crippen LogP contribution in [0.1, 0.15) is 30.4 Å². The van der Waals surface area contributed by atoms with Gasteiger partial charge in [-0.25, -0.2) is 0 Å². The minimum Gasteiger partial charge on any atom is -0.481 e. The van der Waals surface area contributed by atoms with E-state index in [1.807, 2.05) is 12.1 Å². The molecule has 108 valence electrons. The normalized spacial score (nSPS) is 17.3. The maximum absolute atomic E-state index is 12.0. The average molecular weight is 276 g/mol. The zero-order valence-electron chi connectivity index (χ0n) is 11.4. The summed E-state index contributed by atoms with van der Waals surface area (Å²) in [4.78, 5) is 22.4. The molecule has 1 aromatic carbocycles. The number of benzene rings is 1. The lowest BCUT2D eigenvalue weighted by molar-refractivity contribution is -0.137. The van der Waals surface area contributed by atoms with E-state index < -0.39 is 5.97 Å². The van der Waals surface area contributed by atoms with Gasteiger partial charge in [-0.2, -0.15) is 0 Å². The number of nitrogens with one attached hydrogen (secondary N) is 2. The van der Waals surface area contributed by atoms with E-state index in [4.69, 9.17) is 5.11 Å². The number of rotatable bonds is 6. The topological polar surface area (TPSA) is 78.4 Å². The summed E-state index contributed by atoms with van der Waals surface area (Å²) in [5.74, 6) is -0.795. The number of fused-ring (bicyclic) bond motifs is 1. The van der Waals surface area contributed by atoms with Crippen LogP contribution in [0, 0.1) is 0 Å². The molecule has 1 aliphatic heterocycles. The molecule has 3 N–H and O–H groups in total. The molecule has 0 saturated heterocycles. The third kappa shape index (κ3) is 4.06. The first-order valence-corrected chi connectivity index (χ1v) is 6.96. The minimum absolute atomic E-state index is 0.00479. The Labute approximate surface area is 118 Å². The van der Waals surface area contributed by atoms with Gasteiger partial charge in [-0.05, 0) is 30.4 Å². The number of carboxylic acid groups (broad SMARTS) is 1. The minimum atomic E-state index is -0.790. The molecule has 0 aliphatic carbocycles. The molecule has 2 rings (SSSR count). The Bertz CT molecular complexity index is 488. The van der Waals surface area contributed by atoms with Gasteiger partial charge in [0, 0.05) is 19.5 Å². The zero-order valence-corrected chi connectivity index (χ0v) is 11.4. The summed E-state index contributed by atoms with van der Waals surface area (Å²) >= 11 is 0. The van der Waals surface area contributed by atoms with Crippen LogP contribution in [0.2, 0.25) is 0 Å². The number of carboxylic acids is 1. The standard InChI is InChI=1S/C15H20N2O3/c18-14(19)7-3-4-8-16-15(20)13-9-11-5-1-2-6-12(11)10-17-13/h1-2,5-6,13,17H,3-4,7-10H2,(H,16,20)(H,18,19)/t13-/m1/s1. The van der Waals surface area contributed by atoms with Crippen molar-refractivity contribution in [3.63, 3.8) is 0 Å². The van der Waals surface area contributed by atoms with E-state index >= 15 is 0 Å². The van der Waals surface area contributed by atoms with Gasteiger partial charge in [0.25, 0.3) is 0 Å². The molecule has 1 aliphatic rings. The molecule has 0 aromatic heterocycles. The number of unbranched alkanes of at least 4 members (excludes halogenated alkanes) is 1. The van der Waals surface area contributed by atoms with Gasteiger partial charge in [0.05, 0.1) is 6.04 Å². The molecule has 20 heavy (non-hydrogen) atoms. The van der Waals surface area contributed by atoms with Crippen molar-refractivity contribution < 1.29 is 14.7 Å². The van der Waals surface area contributed by atoms with Gasteiger partial charge in [-0.15, -0.1) is 0 Å². The van der Waals surface area contributed by atoms with Crippen LogP contribution >= 0.6 is 0 Å². The molecule has 5 heteroatoms. The molecule has 5 nitrogen and oxygen atoms in total. The van der Waals surface area contributed by atoms with Gasteiger partial charge in [-0.3, -0.25) is 9.59 Å². The predicted molar refractivity (Wildman–Crippen MR) is 75.3 cm³/mol. The van der Waals surface area contributed by atoms with Crippen molar-refractivity contribution in [2.24, 2.45) is 0 Å². The first-order valence-electron chi connectivity index (χ1n) is 6.96. The van der Waals surface area contributed by atoms with Crippen molar-refractivity contribution in [1.82, 2.24) is 10.6 Å². The molecule has 0 bridgehead atoms. The van der Waals surface area contributed by atoms with Gasteiger partial charge in [0.15, 0.2) is 0 Å². The summed E-state index contributed by atoms with van der Waals surface area (Å²) in [6, 6.07) is 7.93. The van der Waals surface area contributed by atoms with Crippen LogP contribution in [0.3, 0.4) is 0 Å². The third-order valence-electron chi connectivity index (χ3n) is 3.51. The summed E-state index contributed by atoms with van der Waals surface area (Å²) in [5.41, 5.74) is 2.47. The Hall–Kier alpha value is -1.88. The van der Waals surface area contributed by atoms with Gasteiger partial charge in [0.2, 0.25) is 5.91 Å². The Morgan fingerprint density at radius 1 is 1.25 bits per heavy atom. The van der Waals surface area contributed by atoms with Crippen molar-refractivity contribution in [2.75, 3.05) is 6.54 Å². The van der Waals surface area contributed by atoms with Gasteiger partial charge >= 0.3 is 5.97 Å². The number of hydrogen-bond acceptors (Lipinski definition) is 3. The zero-order chi connectivity index (χ0) is 14.4. The third-order valence-corrected chi connectivity index (χ3v) is 3.51. The quantitative estimate of drug-likeness (QED) is 0.679. The van der Waals surface area contributed by atoms with E-state index in [0.717, 1.165) is 0 Å². The number of carbonyl (C=O) groups is 2. The summed E-state index contributed by atoms with van der Waals surface area (Å²) in [6.45, 7) is 1.25. The van der Waals surface area contributed by atoms with Gasteiger partial charge < -0.3 is 15.7 Å². The second-order valence-corrected chi connectivity index (χ2v) is 5.05. The summed E-state index contributed by atoms with van der Waals surface area (Å²) in [5, 5.41) is 14.6. The Morgan fingerprint density at radius 3 is 2.75 bits per heavy atom. The second kappa shape index (κ2) is 7.05. The van der Waals surface area contributed by atoms with Crippen LogP contribution in [0.4, 0.5) is 0 Å². The van der Waals surface area contributed by atoms with E-state index in [0.29, 0.717) is 32.4 Å². The Kier molecular flexibility index (Phi) is 5.12. The highest BCUT2D eigenvalue weighted by atomic mass is 16.4. The van der Waals surface area contributed by atoms with Crippen LogP contribution in [0.5, 0.6) is 0 Å². The molecule has 1 aromatic rings. The van der Waals surface area contributed by atoms with Crippen molar-refractivity contribution in [3.8, 4) is 0 Å². The fraction of sp³-hybridized carbons (Fsp3) is 0.467. The summed E-state index contributed by atoms with van der Waals surface area (Å²) in [7, 11) is 0. The number of aliphatic carboxylic acids is 1. The predicted octanol–water partition coefficient (Wildman–Crippen LogP) is 1.07. The largest absolute Gasteiger partial charge is 0.481 e. The molecular weight excluding hydrogens is 256 g/mol. The maximum Gasteiger partial charge on any atom is 0.303 e. The lowest BCUT2D eigenvalue weighted by atomic mass is 9.95. The molecule has 0 radical (unpaired) electrons. The second-order valence-electron chi connectivity index (χ2n) is 5.05. The van der Waals surface area contributed by atoms with Crippen LogP contribution in [-0.2, 0) is 22.6 Å². The lowest BCUT2D eigenvalue weighted by Crippen LogP contribution is -2.47. The molecule has 0 unspecified atom stereocenters. The average Bonchev–Trinajstić information content (AvgIpc) is 2.46. The molecule has 0 fully saturated rings. The first kappa shape index (κ1) is 14.5. The van der Waals surface area contributed by atoms with Crippen LogP contribution in [0.15, 0.2) is 24.3 Å². The molecule has 1 heterocycles. The SMILES string of the molecule is O=C(O)CCCCNC(=O)[C@H]1Cc2ccccc2CN1. The molecular formula is C15H20N2O3. The Balaban J connectivity index is 1.73. The van der Waals surface area contributed by atoms with Crippen molar-refractivity contribution in [3.05, 3.63) is 35.4 Å². The molecule has 0 saturated carbocycles. The smallest absolute Gasteiger partial charge is 0.303 e. The fourth-order valence-corrected chi connectivity index (χ4v) is 2.38. The molecule has 1 amide bonds. The molecule has 1 atom stereocenters. The first-order chi connectivity index (χ1) is 9.66. The number of hydrogen-bond donors (Lipinski definition) is 3. The molecule has 0 spiro atoms. The number of carbonyl (C=O) groups excluding carboxylic acids is 1. The van der Waals surface area contributed by atoms with E-state index in [-0.39, 0.29) is 18.4 Å². The van der Waals surface area contributed by atoms with Crippen LogP contribution in [-0.4, -0.2) is 29.6 Å². The highest BCUT2D eigenvalue weighted by molar-refractivity contribution is 5.82. The highest BCUT2D eigenvalue weighted by Gasteiger charge is 2.23. The van der Waals surface area contributed by atoms with Gasteiger partial charge in [0.1, 0.15) is 0 Å². The van der Waals surface area contributed by atoms with Crippen molar-refractivity contribution >= 4 is 11.9 Å². The Morgan fingerprint density at radius 2 is 2.00 bits per heavy atom. The van der Waals surface area contributed by atoms with E-state index in [9.17, 15) is 9.59 Å². The highest BCUT2D eigenvalue weighted by Crippen LogP contribution is 2.16. The maximum atomic E-state index is 12.0. The number of amides is 1. The van der Waals surface area contributed by atoms with Crippen LogP contribution < -0.4 is 10.6 Å². The summed E-state index contributed by atoms with van der Waals surface area (Å²) < 4.78 is 0. The van der Waals surface area contributed by atoms with E-state index in [1.165, 1.54) is 11.1 Å².